The maximum atomic E-state index is 8.47. The van der Waals surface area contributed by atoms with E-state index in [0.29, 0.717) is 6.42 Å². The van der Waals surface area contributed by atoms with E-state index >= 15 is 0 Å². The number of hydrogen-bond donors (Lipinski definition) is 3. The number of rotatable bonds is 5. The number of aryl methyl sites for hydroxylation is 1. The summed E-state index contributed by atoms with van der Waals surface area (Å²) >= 11 is 0. The molecule has 0 saturated carbocycles. The van der Waals surface area contributed by atoms with Crippen molar-refractivity contribution < 1.29 is 5.21 Å². The van der Waals surface area contributed by atoms with E-state index in [4.69, 9.17) is 10.9 Å². The standard InChI is InChI=1S/C12H19N3O/c1-3-10-5-4-6-11(8-10)14-9(2)7-12(13)15-16/h4-6,8-9,14,16H,3,7H2,1-2H3,(H2,13,15). The number of oxime groups is 1. The number of nitrogens with one attached hydrogen (secondary N) is 1. The van der Waals surface area contributed by atoms with Crippen molar-refractivity contribution in [3.8, 4) is 0 Å². The van der Waals surface area contributed by atoms with Crippen molar-refractivity contribution in [2.75, 3.05) is 5.32 Å². The van der Waals surface area contributed by atoms with Crippen molar-refractivity contribution in [1.29, 1.82) is 0 Å². The third kappa shape index (κ3) is 3.81. The molecule has 0 bridgehead atoms. The highest BCUT2D eigenvalue weighted by Gasteiger charge is 2.05. The molecule has 1 aromatic rings. The van der Waals surface area contributed by atoms with Gasteiger partial charge in [-0.1, -0.05) is 24.2 Å². The van der Waals surface area contributed by atoms with Crippen LogP contribution in [0.15, 0.2) is 29.4 Å². The van der Waals surface area contributed by atoms with Crippen LogP contribution in [-0.2, 0) is 6.42 Å². The summed E-state index contributed by atoms with van der Waals surface area (Å²) in [5, 5.41) is 14.7. The molecule has 0 aliphatic heterocycles. The van der Waals surface area contributed by atoms with Crippen LogP contribution >= 0.6 is 0 Å². The van der Waals surface area contributed by atoms with E-state index in [0.717, 1.165) is 12.1 Å². The molecule has 4 nitrogen and oxygen atoms in total. The first-order valence-electron chi connectivity index (χ1n) is 5.47. The lowest BCUT2D eigenvalue weighted by Gasteiger charge is -2.14. The average molecular weight is 221 g/mol. The number of hydrogen-bond acceptors (Lipinski definition) is 3. The molecule has 1 aromatic carbocycles. The van der Waals surface area contributed by atoms with Crippen molar-refractivity contribution in [3.05, 3.63) is 29.8 Å². The van der Waals surface area contributed by atoms with Gasteiger partial charge in [0.25, 0.3) is 0 Å². The van der Waals surface area contributed by atoms with E-state index in [1.807, 2.05) is 19.1 Å². The summed E-state index contributed by atoms with van der Waals surface area (Å²) in [6.45, 7) is 4.12. The Morgan fingerprint density at radius 3 is 2.94 bits per heavy atom. The fourth-order valence-corrected chi connectivity index (χ4v) is 1.57. The highest BCUT2D eigenvalue weighted by atomic mass is 16.4. The molecule has 16 heavy (non-hydrogen) atoms. The highest BCUT2D eigenvalue weighted by Crippen LogP contribution is 2.13. The molecule has 0 aliphatic carbocycles. The Hall–Kier alpha value is -1.71. The first kappa shape index (κ1) is 12.4. The topological polar surface area (TPSA) is 70.6 Å². The van der Waals surface area contributed by atoms with E-state index < -0.39 is 0 Å². The van der Waals surface area contributed by atoms with Crippen LogP contribution in [0.3, 0.4) is 0 Å². The molecule has 0 aliphatic rings. The van der Waals surface area contributed by atoms with Gasteiger partial charge in [0.15, 0.2) is 0 Å². The average Bonchev–Trinajstić information content (AvgIpc) is 2.28. The zero-order valence-corrected chi connectivity index (χ0v) is 9.77. The maximum Gasteiger partial charge on any atom is 0.141 e. The second kappa shape index (κ2) is 6.00. The van der Waals surface area contributed by atoms with Gasteiger partial charge in [-0.3, -0.25) is 0 Å². The zero-order chi connectivity index (χ0) is 12.0. The van der Waals surface area contributed by atoms with Gasteiger partial charge in [-0.25, -0.2) is 0 Å². The molecule has 0 fully saturated rings. The molecule has 0 saturated heterocycles. The predicted molar refractivity (Wildman–Crippen MR) is 66.9 cm³/mol. The van der Waals surface area contributed by atoms with Gasteiger partial charge >= 0.3 is 0 Å². The first-order chi connectivity index (χ1) is 7.65. The van der Waals surface area contributed by atoms with Crippen LogP contribution in [0.25, 0.3) is 0 Å². The molecule has 4 N–H and O–H groups in total. The Morgan fingerprint density at radius 1 is 1.56 bits per heavy atom. The van der Waals surface area contributed by atoms with Crippen LogP contribution in [0.5, 0.6) is 0 Å². The van der Waals surface area contributed by atoms with Gasteiger partial charge in [0.05, 0.1) is 0 Å². The summed E-state index contributed by atoms with van der Waals surface area (Å²) in [6, 6.07) is 8.39. The molecule has 88 valence electrons. The van der Waals surface area contributed by atoms with E-state index in [1.54, 1.807) is 0 Å². The summed E-state index contributed by atoms with van der Waals surface area (Å²) < 4.78 is 0. The number of nitrogens with two attached hydrogens (primary N) is 1. The van der Waals surface area contributed by atoms with E-state index in [2.05, 4.69) is 29.5 Å². The van der Waals surface area contributed by atoms with Gasteiger partial charge < -0.3 is 16.3 Å². The third-order valence-electron chi connectivity index (χ3n) is 2.39. The number of anilines is 1. The second-order valence-electron chi connectivity index (χ2n) is 3.89. The summed E-state index contributed by atoms with van der Waals surface area (Å²) in [4.78, 5) is 0. The van der Waals surface area contributed by atoms with Gasteiger partial charge in [0.2, 0.25) is 0 Å². The van der Waals surface area contributed by atoms with Crippen molar-refractivity contribution >= 4 is 11.5 Å². The lowest BCUT2D eigenvalue weighted by molar-refractivity contribution is 0.316. The van der Waals surface area contributed by atoms with Gasteiger partial charge in [-0.15, -0.1) is 0 Å². The smallest absolute Gasteiger partial charge is 0.141 e. The van der Waals surface area contributed by atoms with Crippen molar-refractivity contribution in [3.63, 3.8) is 0 Å². The van der Waals surface area contributed by atoms with E-state index in [1.165, 1.54) is 5.56 Å². The zero-order valence-electron chi connectivity index (χ0n) is 9.77. The molecular weight excluding hydrogens is 202 g/mol. The molecule has 0 aromatic heterocycles. The molecule has 0 radical (unpaired) electrons. The fourth-order valence-electron chi connectivity index (χ4n) is 1.57. The number of nitrogens with zero attached hydrogens (tertiary/aromatic N) is 1. The van der Waals surface area contributed by atoms with Crippen molar-refractivity contribution in [2.45, 2.75) is 32.7 Å². The number of benzene rings is 1. The minimum Gasteiger partial charge on any atom is -0.409 e. The molecule has 0 heterocycles. The second-order valence-corrected chi connectivity index (χ2v) is 3.89. The fraction of sp³-hybridized carbons (Fsp3) is 0.417. The highest BCUT2D eigenvalue weighted by molar-refractivity contribution is 5.80. The summed E-state index contributed by atoms with van der Waals surface area (Å²) in [5.41, 5.74) is 7.80. The summed E-state index contributed by atoms with van der Waals surface area (Å²) in [6.07, 6.45) is 1.54. The van der Waals surface area contributed by atoms with Gasteiger partial charge in [-0.2, -0.15) is 0 Å². The Labute approximate surface area is 96.2 Å². The van der Waals surface area contributed by atoms with E-state index in [-0.39, 0.29) is 11.9 Å². The monoisotopic (exact) mass is 221 g/mol. The Bertz CT molecular complexity index is 363. The normalized spacial score (nSPS) is 13.5. The largest absolute Gasteiger partial charge is 0.409 e. The molecule has 4 heteroatoms. The van der Waals surface area contributed by atoms with Crippen LogP contribution in [0.1, 0.15) is 25.8 Å². The molecule has 0 spiro atoms. The molecule has 1 atom stereocenters. The van der Waals surface area contributed by atoms with E-state index in [9.17, 15) is 0 Å². The van der Waals surface area contributed by atoms with Crippen LogP contribution in [0.2, 0.25) is 0 Å². The lowest BCUT2D eigenvalue weighted by Crippen LogP contribution is -2.24. The first-order valence-corrected chi connectivity index (χ1v) is 5.47. The SMILES string of the molecule is CCc1cccc(NC(C)CC(N)=NO)c1. The molecule has 1 unspecified atom stereocenters. The minimum absolute atomic E-state index is 0.142. The lowest BCUT2D eigenvalue weighted by atomic mass is 10.1. The third-order valence-corrected chi connectivity index (χ3v) is 2.39. The minimum atomic E-state index is 0.142. The van der Waals surface area contributed by atoms with Crippen molar-refractivity contribution in [2.24, 2.45) is 10.9 Å². The van der Waals surface area contributed by atoms with Gasteiger partial charge in [-0.05, 0) is 31.0 Å². The Morgan fingerprint density at radius 2 is 2.31 bits per heavy atom. The van der Waals surface area contributed by atoms with Crippen LogP contribution in [-0.4, -0.2) is 17.1 Å². The summed E-state index contributed by atoms with van der Waals surface area (Å²) in [5.74, 6) is 0.242. The molecular formula is C12H19N3O. The van der Waals surface area contributed by atoms with Gasteiger partial charge in [0, 0.05) is 18.2 Å². The molecule has 1 rings (SSSR count). The Kier molecular flexibility index (Phi) is 4.64. The Balaban J connectivity index is 2.58. The summed E-state index contributed by atoms with van der Waals surface area (Å²) in [7, 11) is 0. The van der Waals surface area contributed by atoms with Crippen molar-refractivity contribution in [1.82, 2.24) is 0 Å². The maximum absolute atomic E-state index is 8.47. The van der Waals surface area contributed by atoms with Crippen LogP contribution in [0, 0.1) is 0 Å². The molecule has 0 amide bonds. The number of amidine groups is 1. The quantitative estimate of drug-likeness (QED) is 0.309. The predicted octanol–water partition coefficient (Wildman–Crippen LogP) is 2.19. The van der Waals surface area contributed by atoms with Gasteiger partial charge in [0.1, 0.15) is 5.84 Å². The van der Waals surface area contributed by atoms with Crippen LogP contribution < -0.4 is 11.1 Å². The van der Waals surface area contributed by atoms with Crippen LogP contribution in [0.4, 0.5) is 5.69 Å².